The van der Waals surface area contributed by atoms with E-state index in [-0.39, 0.29) is 42.7 Å². The summed E-state index contributed by atoms with van der Waals surface area (Å²) in [6.45, 7) is 1.43. The molecular formula is C24H19F3N4O3. The van der Waals surface area contributed by atoms with Crippen molar-refractivity contribution in [1.29, 1.82) is 0 Å². The first kappa shape index (κ1) is 21.9. The minimum Gasteiger partial charge on any atom is -0.322 e. The SMILES string of the molecule is Cc1nc(-c2ccc3c(c2)CN(C2CCC(=O)NC2=O)C3=O)n(-c2ccccc2)c1C(F)(F)F. The van der Waals surface area contributed by atoms with E-state index in [1.54, 1.807) is 48.5 Å². The highest BCUT2D eigenvalue weighted by Gasteiger charge is 2.41. The summed E-state index contributed by atoms with van der Waals surface area (Å²) < 4.78 is 42.9. The van der Waals surface area contributed by atoms with Gasteiger partial charge in [-0.3, -0.25) is 24.3 Å². The number of fused-ring (bicyclic) bond motifs is 1. The molecule has 2 aromatic carbocycles. The van der Waals surface area contributed by atoms with Crippen LogP contribution in [0.15, 0.2) is 48.5 Å². The molecule has 174 valence electrons. The summed E-state index contributed by atoms with van der Waals surface area (Å²) in [5, 5.41) is 2.25. The number of benzene rings is 2. The number of carbonyl (C=O) groups excluding carboxylic acids is 3. The number of aromatic nitrogens is 2. The summed E-state index contributed by atoms with van der Waals surface area (Å²) in [6.07, 6.45) is -4.26. The summed E-state index contributed by atoms with van der Waals surface area (Å²) in [6, 6.07) is 12.1. The second-order valence-electron chi connectivity index (χ2n) is 8.31. The molecule has 2 aliphatic rings. The molecule has 0 radical (unpaired) electrons. The molecule has 1 fully saturated rings. The zero-order valence-corrected chi connectivity index (χ0v) is 18.0. The Hall–Kier alpha value is -3.95. The van der Waals surface area contributed by atoms with Gasteiger partial charge in [0.1, 0.15) is 11.9 Å². The zero-order valence-electron chi connectivity index (χ0n) is 18.0. The van der Waals surface area contributed by atoms with Crippen LogP contribution in [0.1, 0.15) is 40.2 Å². The highest BCUT2D eigenvalue weighted by atomic mass is 19.4. The van der Waals surface area contributed by atoms with Crippen LogP contribution in [0, 0.1) is 6.92 Å². The Morgan fingerprint density at radius 3 is 2.47 bits per heavy atom. The van der Waals surface area contributed by atoms with Gasteiger partial charge in [-0.05, 0) is 43.2 Å². The van der Waals surface area contributed by atoms with Crippen molar-refractivity contribution in [3.8, 4) is 17.1 Å². The Morgan fingerprint density at radius 2 is 1.79 bits per heavy atom. The molecule has 0 saturated carbocycles. The molecule has 34 heavy (non-hydrogen) atoms. The summed E-state index contributed by atoms with van der Waals surface area (Å²) in [5.41, 5.74) is 0.662. The standard InChI is InChI=1S/C24H19F3N4O3/c1-13-20(24(25,26)27)31(16-5-3-2-4-6-16)21(28-13)14-7-8-17-15(11-14)12-30(23(17)34)18-9-10-19(32)29-22(18)33/h2-8,11,18H,9-10,12H2,1H3,(H,29,32,33). The molecule has 1 atom stereocenters. The maximum Gasteiger partial charge on any atom is 0.433 e. The van der Waals surface area contributed by atoms with E-state index in [1.165, 1.54) is 11.8 Å². The van der Waals surface area contributed by atoms with Crippen LogP contribution in [0.5, 0.6) is 0 Å². The highest BCUT2D eigenvalue weighted by Crippen LogP contribution is 2.38. The van der Waals surface area contributed by atoms with E-state index in [1.807, 2.05) is 0 Å². The van der Waals surface area contributed by atoms with E-state index in [0.717, 1.165) is 4.57 Å². The molecule has 3 amide bonds. The number of alkyl halides is 3. The minimum atomic E-state index is -4.62. The topological polar surface area (TPSA) is 84.3 Å². The van der Waals surface area contributed by atoms with E-state index in [4.69, 9.17) is 0 Å². The maximum absolute atomic E-state index is 13.9. The van der Waals surface area contributed by atoms with Crippen molar-refractivity contribution in [3.05, 3.63) is 71.0 Å². The number of amides is 3. The normalized spacial score (nSPS) is 18.3. The van der Waals surface area contributed by atoms with Crippen LogP contribution in [0.25, 0.3) is 17.1 Å². The molecule has 7 nitrogen and oxygen atoms in total. The Labute approximate surface area is 192 Å². The molecular weight excluding hydrogens is 449 g/mol. The van der Waals surface area contributed by atoms with Crippen LogP contribution >= 0.6 is 0 Å². The van der Waals surface area contributed by atoms with E-state index in [0.29, 0.717) is 22.4 Å². The van der Waals surface area contributed by atoms with Gasteiger partial charge in [-0.1, -0.05) is 24.3 Å². The van der Waals surface area contributed by atoms with E-state index in [9.17, 15) is 27.6 Å². The van der Waals surface area contributed by atoms with Gasteiger partial charge in [0.25, 0.3) is 5.91 Å². The number of hydrogen-bond acceptors (Lipinski definition) is 4. The van der Waals surface area contributed by atoms with Gasteiger partial charge in [-0.25, -0.2) is 4.98 Å². The summed E-state index contributed by atoms with van der Waals surface area (Å²) >= 11 is 0. The number of hydrogen-bond donors (Lipinski definition) is 1. The van der Waals surface area contributed by atoms with E-state index >= 15 is 0 Å². The van der Waals surface area contributed by atoms with Crippen LogP contribution in [0.3, 0.4) is 0 Å². The molecule has 0 bridgehead atoms. The number of carbonyl (C=O) groups is 3. The van der Waals surface area contributed by atoms with Gasteiger partial charge in [-0.2, -0.15) is 13.2 Å². The number of piperidine rings is 1. The second-order valence-corrected chi connectivity index (χ2v) is 8.31. The van der Waals surface area contributed by atoms with Gasteiger partial charge in [0.2, 0.25) is 11.8 Å². The number of imide groups is 1. The van der Waals surface area contributed by atoms with Crippen molar-refractivity contribution < 1.29 is 27.6 Å². The number of rotatable bonds is 3. The second kappa shape index (κ2) is 7.82. The first-order valence-electron chi connectivity index (χ1n) is 10.6. The van der Waals surface area contributed by atoms with E-state index < -0.39 is 23.8 Å². The predicted octanol–water partition coefficient (Wildman–Crippen LogP) is 3.63. The average molecular weight is 468 g/mol. The van der Waals surface area contributed by atoms with Gasteiger partial charge in [0.15, 0.2) is 5.69 Å². The van der Waals surface area contributed by atoms with Crippen molar-refractivity contribution in [3.63, 3.8) is 0 Å². The van der Waals surface area contributed by atoms with Crippen molar-refractivity contribution >= 4 is 17.7 Å². The number of halogens is 3. The predicted molar refractivity (Wildman–Crippen MR) is 115 cm³/mol. The number of nitrogens with zero attached hydrogens (tertiary/aromatic N) is 3. The van der Waals surface area contributed by atoms with Gasteiger partial charge in [-0.15, -0.1) is 0 Å². The number of imidazole rings is 1. The Kier molecular flexibility index (Phi) is 5.03. The largest absolute Gasteiger partial charge is 0.433 e. The first-order chi connectivity index (χ1) is 16.1. The van der Waals surface area contributed by atoms with Crippen molar-refractivity contribution in [2.45, 2.75) is 38.5 Å². The monoisotopic (exact) mass is 468 g/mol. The Balaban J connectivity index is 1.57. The Bertz CT molecular complexity index is 1330. The van der Waals surface area contributed by atoms with Crippen LogP contribution in [-0.2, 0) is 22.3 Å². The van der Waals surface area contributed by atoms with Crippen molar-refractivity contribution in [2.75, 3.05) is 0 Å². The number of aryl methyl sites for hydroxylation is 1. The van der Waals surface area contributed by atoms with Crippen molar-refractivity contribution in [2.24, 2.45) is 0 Å². The lowest BCUT2D eigenvalue weighted by molar-refractivity contribution is -0.143. The highest BCUT2D eigenvalue weighted by molar-refractivity contribution is 6.05. The van der Waals surface area contributed by atoms with Crippen LogP contribution in [-0.4, -0.2) is 38.2 Å². The van der Waals surface area contributed by atoms with Crippen LogP contribution in [0.4, 0.5) is 13.2 Å². The lowest BCUT2D eigenvalue weighted by Gasteiger charge is -2.29. The van der Waals surface area contributed by atoms with Crippen LogP contribution < -0.4 is 5.32 Å². The molecule has 2 aliphatic heterocycles. The smallest absolute Gasteiger partial charge is 0.322 e. The van der Waals surface area contributed by atoms with Gasteiger partial charge in [0.05, 0.1) is 5.69 Å². The molecule has 1 unspecified atom stereocenters. The first-order valence-corrected chi connectivity index (χ1v) is 10.6. The molecule has 1 aromatic heterocycles. The van der Waals surface area contributed by atoms with Crippen molar-refractivity contribution in [1.82, 2.24) is 19.8 Å². The quantitative estimate of drug-likeness (QED) is 0.595. The molecule has 0 spiro atoms. The molecule has 10 heteroatoms. The van der Waals surface area contributed by atoms with E-state index in [2.05, 4.69) is 10.3 Å². The van der Waals surface area contributed by atoms with Crippen LogP contribution in [0.2, 0.25) is 0 Å². The third kappa shape index (κ3) is 3.55. The molecule has 5 rings (SSSR count). The fourth-order valence-electron chi connectivity index (χ4n) is 4.60. The molecule has 1 saturated heterocycles. The molecule has 0 aliphatic carbocycles. The number of para-hydroxylation sites is 1. The van der Waals surface area contributed by atoms with Gasteiger partial charge < -0.3 is 4.90 Å². The summed E-state index contributed by atoms with van der Waals surface area (Å²) in [5.74, 6) is -1.15. The fourth-order valence-corrected chi connectivity index (χ4v) is 4.60. The fraction of sp³-hybridized carbons (Fsp3) is 0.250. The maximum atomic E-state index is 13.9. The third-order valence-electron chi connectivity index (χ3n) is 6.12. The lowest BCUT2D eigenvalue weighted by atomic mass is 10.0. The lowest BCUT2D eigenvalue weighted by Crippen LogP contribution is -2.52. The van der Waals surface area contributed by atoms with Gasteiger partial charge in [0, 0.05) is 29.8 Å². The Morgan fingerprint density at radius 1 is 1.06 bits per heavy atom. The zero-order chi connectivity index (χ0) is 24.2. The minimum absolute atomic E-state index is 0.103. The summed E-state index contributed by atoms with van der Waals surface area (Å²) in [4.78, 5) is 42.3. The summed E-state index contributed by atoms with van der Waals surface area (Å²) in [7, 11) is 0. The average Bonchev–Trinajstić information content (AvgIpc) is 3.31. The third-order valence-corrected chi connectivity index (χ3v) is 6.12. The molecule has 3 aromatic rings. The number of nitrogens with one attached hydrogen (secondary N) is 1. The van der Waals surface area contributed by atoms with Gasteiger partial charge >= 0.3 is 6.18 Å². The molecule has 1 N–H and O–H groups in total. The molecule has 3 heterocycles.